The van der Waals surface area contributed by atoms with Gasteiger partial charge in [-0.15, -0.1) is 0 Å². The normalized spacial score (nSPS) is 25.1. The van der Waals surface area contributed by atoms with E-state index in [1.807, 2.05) is 12.3 Å². The number of nitrogens with zero attached hydrogens (tertiary/aromatic N) is 3. The number of ketones is 1. The summed E-state index contributed by atoms with van der Waals surface area (Å²) in [5, 5.41) is 0. The third-order valence-electron chi connectivity index (χ3n) is 5.45. The summed E-state index contributed by atoms with van der Waals surface area (Å²) in [5.41, 5.74) is 4.64. The number of allylic oxidation sites excluding steroid dienone is 1. The van der Waals surface area contributed by atoms with E-state index >= 15 is 0 Å². The molecular formula is C20H25N3O. The molecule has 4 heteroatoms. The van der Waals surface area contributed by atoms with Crippen LogP contribution in [0.5, 0.6) is 0 Å². The van der Waals surface area contributed by atoms with Crippen LogP contribution in [0, 0.1) is 0 Å². The molecular weight excluding hydrogens is 298 g/mol. The van der Waals surface area contributed by atoms with E-state index in [-0.39, 0.29) is 12.0 Å². The highest BCUT2D eigenvalue weighted by Gasteiger charge is 2.45. The molecule has 0 N–H and O–H groups in total. The Morgan fingerprint density at radius 3 is 3.04 bits per heavy atom. The van der Waals surface area contributed by atoms with Gasteiger partial charge in [0.15, 0.2) is 5.78 Å². The monoisotopic (exact) mass is 323 g/mol. The van der Waals surface area contributed by atoms with Crippen molar-refractivity contribution in [3.05, 3.63) is 46.9 Å². The van der Waals surface area contributed by atoms with Gasteiger partial charge in [0.2, 0.25) is 0 Å². The van der Waals surface area contributed by atoms with Crippen LogP contribution in [0.25, 0.3) is 6.08 Å². The van der Waals surface area contributed by atoms with Gasteiger partial charge in [-0.2, -0.15) is 0 Å². The zero-order chi connectivity index (χ0) is 16.7. The Hall–Kier alpha value is -1.94. The zero-order valence-electron chi connectivity index (χ0n) is 14.5. The third kappa shape index (κ3) is 2.49. The Kier molecular flexibility index (Phi) is 4.01. The number of Topliss-reactive ketones (excluding diaryl/α,β-unsaturated/α-hetero) is 1. The molecule has 2 aliphatic carbocycles. The number of rotatable bonds is 4. The second-order valence-electron chi connectivity index (χ2n) is 7.29. The maximum absolute atomic E-state index is 12.7. The molecule has 0 aromatic carbocycles. The van der Waals surface area contributed by atoms with Crippen LogP contribution in [0.3, 0.4) is 0 Å². The largest absolute Gasteiger partial charge is 0.367 e. The van der Waals surface area contributed by atoms with E-state index in [0.29, 0.717) is 12.2 Å². The first-order valence-corrected chi connectivity index (χ1v) is 8.97. The molecule has 0 unspecified atom stereocenters. The molecule has 0 bridgehead atoms. The van der Waals surface area contributed by atoms with E-state index < -0.39 is 0 Å². The molecule has 24 heavy (non-hydrogen) atoms. The van der Waals surface area contributed by atoms with Crippen molar-refractivity contribution >= 4 is 11.9 Å². The smallest absolute Gasteiger partial charge is 0.161 e. The molecule has 0 fully saturated rings. The van der Waals surface area contributed by atoms with E-state index in [0.717, 1.165) is 43.6 Å². The fourth-order valence-electron chi connectivity index (χ4n) is 4.45. The number of carbonyl (C=O) groups is 1. The van der Waals surface area contributed by atoms with Gasteiger partial charge in [-0.05, 0) is 57.6 Å². The number of aromatic nitrogens is 1. The average Bonchev–Trinajstić information content (AvgIpc) is 2.90. The molecule has 0 saturated heterocycles. The summed E-state index contributed by atoms with van der Waals surface area (Å²) >= 11 is 0. The minimum absolute atomic E-state index is 0.181. The first kappa shape index (κ1) is 15.6. The van der Waals surface area contributed by atoms with Gasteiger partial charge in [0, 0.05) is 36.4 Å². The van der Waals surface area contributed by atoms with Crippen LogP contribution in [0.15, 0.2) is 35.7 Å². The standard InChI is InChI=1S/C20H25N3O/c1-22(2)12-5-13-23-16-7-3-8-18(24)20(16)19-14-6-4-11-21-15(14)9-10-17(19)23/h4,6,9-11,17,19H,3,5,7-8,12-13H2,1-2H3/t17-,19-/m1/s1. The molecule has 2 atom stereocenters. The fourth-order valence-corrected chi connectivity index (χ4v) is 4.45. The van der Waals surface area contributed by atoms with Crippen LogP contribution in [-0.4, -0.2) is 53.8 Å². The first-order chi connectivity index (χ1) is 11.7. The number of fused-ring (bicyclic) bond motifs is 4. The molecule has 1 aromatic rings. The molecule has 4 nitrogen and oxygen atoms in total. The van der Waals surface area contributed by atoms with Gasteiger partial charge in [-0.3, -0.25) is 9.78 Å². The highest BCUT2D eigenvalue weighted by atomic mass is 16.1. The number of hydrogen-bond acceptors (Lipinski definition) is 4. The Morgan fingerprint density at radius 1 is 1.33 bits per heavy atom. The Labute approximate surface area is 143 Å². The van der Waals surface area contributed by atoms with Gasteiger partial charge in [0.25, 0.3) is 0 Å². The minimum atomic E-state index is 0.181. The predicted octanol–water partition coefficient (Wildman–Crippen LogP) is 2.84. The predicted molar refractivity (Wildman–Crippen MR) is 95.6 cm³/mol. The summed E-state index contributed by atoms with van der Waals surface area (Å²) in [6.07, 6.45) is 10.1. The lowest BCUT2D eigenvalue weighted by Gasteiger charge is -2.33. The third-order valence-corrected chi connectivity index (χ3v) is 5.45. The van der Waals surface area contributed by atoms with Crippen LogP contribution in [-0.2, 0) is 4.79 Å². The van der Waals surface area contributed by atoms with E-state index in [2.05, 4.69) is 47.1 Å². The molecule has 4 rings (SSSR count). The summed E-state index contributed by atoms with van der Waals surface area (Å²) in [6.45, 7) is 2.09. The summed E-state index contributed by atoms with van der Waals surface area (Å²) in [5.74, 6) is 0.535. The second-order valence-corrected chi connectivity index (χ2v) is 7.29. The molecule has 0 saturated carbocycles. The van der Waals surface area contributed by atoms with E-state index in [1.54, 1.807) is 0 Å². The van der Waals surface area contributed by atoms with E-state index in [1.165, 1.54) is 11.3 Å². The minimum Gasteiger partial charge on any atom is -0.367 e. The van der Waals surface area contributed by atoms with Crippen molar-refractivity contribution in [3.8, 4) is 0 Å². The number of hydrogen-bond donors (Lipinski definition) is 0. The molecule has 0 spiro atoms. The second kappa shape index (κ2) is 6.17. The van der Waals surface area contributed by atoms with Crippen molar-refractivity contribution in [2.24, 2.45) is 0 Å². The fraction of sp³-hybridized carbons (Fsp3) is 0.500. The molecule has 0 amide bonds. The van der Waals surface area contributed by atoms with Crippen LogP contribution >= 0.6 is 0 Å². The lowest BCUT2D eigenvalue weighted by atomic mass is 9.79. The van der Waals surface area contributed by atoms with E-state index in [4.69, 9.17) is 0 Å². The van der Waals surface area contributed by atoms with Gasteiger partial charge in [0.1, 0.15) is 0 Å². The van der Waals surface area contributed by atoms with Crippen molar-refractivity contribution in [1.29, 1.82) is 0 Å². The van der Waals surface area contributed by atoms with Gasteiger partial charge in [-0.1, -0.05) is 12.1 Å². The molecule has 126 valence electrons. The van der Waals surface area contributed by atoms with Gasteiger partial charge in [-0.25, -0.2) is 0 Å². The van der Waals surface area contributed by atoms with Gasteiger partial charge >= 0.3 is 0 Å². The number of pyridine rings is 1. The maximum atomic E-state index is 12.7. The summed E-state index contributed by atoms with van der Waals surface area (Å²) in [7, 11) is 4.23. The van der Waals surface area contributed by atoms with Crippen molar-refractivity contribution in [1.82, 2.24) is 14.8 Å². The maximum Gasteiger partial charge on any atom is 0.161 e. The van der Waals surface area contributed by atoms with Crippen LogP contribution in [0.1, 0.15) is 42.9 Å². The van der Waals surface area contributed by atoms with Crippen LogP contribution in [0.2, 0.25) is 0 Å². The first-order valence-electron chi connectivity index (χ1n) is 8.97. The van der Waals surface area contributed by atoms with Crippen LogP contribution in [0.4, 0.5) is 0 Å². The molecule has 0 radical (unpaired) electrons. The van der Waals surface area contributed by atoms with Crippen molar-refractivity contribution in [2.45, 2.75) is 37.6 Å². The van der Waals surface area contributed by atoms with Crippen LogP contribution < -0.4 is 0 Å². The summed E-state index contributed by atoms with van der Waals surface area (Å²) < 4.78 is 0. The lowest BCUT2D eigenvalue weighted by molar-refractivity contribution is -0.116. The molecule has 2 heterocycles. The van der Waals surface area contributed by atoms with Gasteiger partial charge < -0.3 is 9.80 Å². The SMILES string of the molecule is CN(C)CCCN1C2=C(C(=O)CCC2)[C@@H]2c3cccnc3C=C[C@H]21. The highest BCUT2D eigenvalue weighted by molar-refractivity contribution is 5.99. The Balaban J connectivity index is 1.71. The lowest BCUT2D eigenvalue weighted by Crippen LogP contribution is -2.35. The van der Waals surface area contributed by atoms with Crippen molar-refractivity contribution < 1.29 is 4.79 Å². The Bertz CT molecular complexity index is 719. The van der Waals surface area contributed by atoms with Crippen molar-refractivity contribution in [2.75, 3.05) is 27.2 Å². The highest BCUT2D eigenvalue weighted by Crippen LogP contribution is 2.48. The topological polar surface area (TPSA) is 36.4 Å². The zero-order valence-corrected chi connectivity index (χ0v) is 14.5. The van der Waals surface area contributed by atoms with Crippen molar-refractivity contribution in [3.63, 3.8) is 0 Å². The Morgan fingerprint density at radius 2 is 2.21 bits per heavy atom. The molecule has 3 aliphatic rings. The molecule has 1 aromatic heterocycles. The summed E-state index contributed by atoms with van der Waals surface area (Å²) in [4.78, 5) is 22.0. The summed E-state index contributed by atoms with van der Waals surface area (Å²) in [6, 6.07) is 4.44. The molecule has 1 aliphatic heterocycles. The van der Waals surface area contributed by atoms with E-state index in [9.17, 15) is 4.79 Å². The van der Waals surface area contributed by atoms with Gasteiger partial charge in [0.05, 0.1) is 11.7 Å². The number of carbonyl (C=O) groups excluding carboxylic acids is 1. The average molecular weight is 323 g/mol. The quantitative estimate of drug-likeness (QED) is 0.854.